The molecule has 1 aliphatic carbocycles. The van der Waals surface area contributed by atoms with E-state index >= 15 is 0 Å². The van der Waals surface area contributed by atoms with Crippen LogP contribution in [0.2, 0.25) is 0 Å². The highest BCUT2D eigenvalue weighted by Gasteiger charge is 2.26. The van der Waals surface area contributed by atoms with Crippen molar-refractivity contribution in [3.8, 4) is 0 Å². The third-order valence-corrected chi connectivity index (χ3v) is 5.12. The van der Waals surface area contributed by atoms with E-state index in [9.17, 15) is 4.79 Å². The number of hydrogen-bond acceptors (Lipinski definition) is 2. The Bertz CT molecular complexity index is 494. The van der Waals surface area contributed by atoms with Gasteiger partial charge in [-0.05, 0) is 37.3 Å². The van der Waals surface area contributed by atoms with Crippen molar-refractivity contribution >= 4 is 11.6 Å². The van der Waals surface area contributed by atoms with Crippen molar-refractivity contribution in [3.63, 3.8) is 0 Å². The van der Waals surface area contributed by atoms with Gasteiger partial charge in [-0.25, -0.2) is 0 Å². The van der Waals surface area contributed by atoms with Crippen LogP contribution in [0.1, 0.15) is 56.9 Å². The van der Waals surface area contributed by atoms with Crippen LogP contribution in [-0.2, 0) is 4.79 Å². The summed E-state index contributed by atoms with van der Waals surface area (Å²) in [6.45, 7) is 3.05. The fourth-order valence-corrected chi connectivity index (χ4v) is 3.83. The molecule has 0 radical (unpaired) electrons. The maximum absolute atomic E-state index is 12.3. The first kappa shape index (κ1) is 14.4. The second kappa shape index (κ2) is 6.50. The van der Waals surface area contributed by atoms with Gasteiger partial charge in [0.2, 0.25) is 5.91 Å². The minimum Gasteiger partial charge on any atom is -0.384 e. The Morgan fingerprint density at radius 1 is 1.29 bits per heavy atom. The fraction of sp³-hybridized carbons (Fsp3) is 0.611. The Morgan fingerprint density at radius 2 is 2.05 bits per heavy atom. The van der Waals surface area contributed by atoms with Gasteiger partial charge in [0.05, 0.1) is 0 Å². The van der Waals surface area contributed by atoms with Gasteiger partial charge < -0.3 is 10.6 Å². The van der Waals surface area contributed by atoms with E-state index < -0.39 is 0 Å². The molecule has 21 heavy (non-hydrogen) atoms. The lowest BCUT2D eigenvalue weighted by molar-refractivity contribution is -0.122. The summed E-state index contributed by atoms with van der Waals surface area (Å²) in [4.78, 5) is 12.3. The summed E-state index contributed by atoms with van der Waals surface area (Å²) >= 11 is 0. The molecule has 0 saturated heterocycles. The third kappa shape index (κ3) is 3.39. The van der Waals surface area contributed by atoms with E-state index in [1.807, 2.05) is 6.07 Å². The highest BCUT2D eigenvalue weighted by atomic mass is 16.1. The first-order valence-electron chi connectivity index (χ1n) is 8.36. The number of nitrogens with one attached hydrogen (secondary N) is 2. The number of rotatable bonds is 4. The van der Waals surface area contributed by atoms with Crippen molar-refractivity contribution in [3.05, 3.63) is 29.8 Å². The van der Waals surface area contributed by atoms with E-state index in [-0.39, 0.29) is 5.91 Å². The lowest BCUT2D eigenvalue weighted by Gasteiger charge is -2.28. The van der Waals surface area contributed by atoms with Gasteiger partial charge in [0.15, 0.2) is 0 Å². The summed E-state index contributed by atoms with van der Waals surface area (Å²) < 4.78 is 0. The van der Waals surface area contributed by atoms with Crippen molar-refractivity contribution in [2.24, 2.45) is 5.92 Å². The van der Waals surface area contributed by atoms with Crippen molar-refractivity contribution in [2.75, 3.05) is 11.9 Å². The van der Waals surface area contributed by atoms with Crippen molar-refractivity contribution in [1.82, 2.24) is 5.32 Å². The Hall–Kier alpha value is -1.51. The first-order valence-corrected chi connectivity index (χ1v) is 8.36. The zero-order chi connectivity index (χ0) is 14.7. The topological polar surface area (TPSA) is 41.1 Å². The molecule has 3 rings (SSSR count). The standard InChI is InChI=1S/C18H26N2O/c1-13(14-7-3-2-4-8-14)20-18(21)11-15-12-19-17-10-6-5-9-16(15)17/h5-6,9-10,13-15,19H,2-4,7-8,11-12H2,1H3,(H,20,21)/t13-,15?/m0/s1. The molecule has 3 nitrogen and oxygen atoms in total. The van der Waals surface area contributed by atoms with E-state index in [1.54, 1.807) is 0 Å². The molecule has 1 fully saturated rings. The Morgan fingerprint density at radius 3 is 2.86 bits per heavy atom. The van der Waals surface area contributed by atoms with Crippen molar-refractivity contribution in [1.29, 1.82) is 0 Å². The van der Waals surface area contributed by atoms with Crippen LogP contribution >= 0.6 is 0 Å². The second-order valence-corrected chi connectivity index (χ2v) is 6.62. The molecule has 2 atom stereocenters. The molecule has 1 aliphatic heterocycles. The van der Waals surface area contributed by atoms with Gasteiger partial charge in [-0.15, -0.1) is 0 Å². The quantitative estimate of drug-likeness (QED) is 0.886. The van der Waals surface area contributed by atoms with Crippen molar-refractivity contribution < 1.29 is 4.79 Å². The molecule has 0 aromatic heterocycles. The summed E-state index contributed by atoms with van der Waals surface area (Å²) in [5.41, 5.74) is 2.48. The number of carbonyl (C=O) groups is 1. The zero-order valence-electron chi connectivity index (χ0n) is 12.9. The second-order valence-electron chi connectivity index (χ2n) is 6.62. The Kier molecular flexibility index (Phi) is 4.47. The molecule has 1 aromatic rings. The van der Waals surface area contributed by atoms with Crippen LogP contribution in [0.4, 0.5) is 5.69 Å². The van der Waals surface area contributed by atoms with Gasteiger partial charge in [0, 0.05) is 30.6 Å². The van der Waals surface area contributed by atoms with Crippen LogP contribution in [-0.4, -0.2) is 18.5 Å². The molecule has 1 unspecified atom stereocenters. The number of amides is 1. The van der Waals surface area contributed by atoms with Crippen LogP contribution < -0.4 is 10.6 Å². The summed E-state index contributed by atoms with van der Waals surface area (Å²) in [7, 11) is 0. The summed E-state index contributed by atoms with van der Waals surface area (Å²) in [6, 6.07) is 8.65. The summed E-state index contributed by atoms with van der Waals surface area (Å²) in [5.74, 6) is 1.20. The Labute approximate surface area is 127 Å². The summed E-state index contributed by atoms with van der Waals surface area (Å²) in [6.07, 6.45) is 7.16. The number of benzene rings is 1. The van der Waals surface area contributed by atoms with E-state index in [4.69, 9.17) is 0 Å². The van der Waals surface area contributed by atoms with Crippen LogP contribution in [0.15, 0.2) is 24.3 Å². The molecule has 114 valence electrons. The number of anilines is 1. The first-order chi connectivity index (χ1) is 10.2. The normalized spacial score (nSPS) is 23.2. The smallest absolute Gasteiger partial charge is 0.220 e. The monoisotopic (exact) mass is 286 g/mol. The maximum atomic E-state index is 12.3. The Balaban J connectivity index is 1.53. The average Bonchev–Trinajstić information content (AvgIpc) is 2.91. The number of carbonyl (C=O) groups excluding carboxylic acids is 1. The van der Waals surface area contributed by atoms with Crippen LogP contribution in [0.5, 0.6) is 0 Å². The van der Waals surface area contributed by atoms with Crippen LogP contribution in [0.3, 0.4) is 0 Å². The number of fused-ring (bicyclic) bond motifs is 1. The summed E-state index contributed by atoms with van der Waals surface area (Å²) in [5, 5.41) is 6.63. The molecular weight excluding hydrogens is 260 g/mol. The molecule has 1 saturated carbocycles. The van der Waals surface area contributed by atoms with Gasteiger partial charge in [-0.2, -0.15) is 0 Å². The predicted molar refractivity (Wildman–Crippen MR) is 86.5 cm³/mol. The van der Waals surface area contributed by atoms with Crippen LogP contribution in [0, 0.1) is 5.92 Å². The lowest BCUT2D eigenvalue weighted by Crippen LogP contribution is -2.39. The van der Waals surface area contributed by atoms with E-state index in [0.717, 1.165) is 6.54 Å². The SMILES string of the molecule is C[C@H](NC(=O)CC1CNc2ccccc21)C1CCCCC1. The molecule has 1 heterocycles. The van der Waals surface area contributed by atoms with Gasteiger partial charge in [0.1, 0.15) is 0 Å². The maximum Gasteiger partial charge on any atom is 0.220 e. The lowest BCUT2D eigenvalue weighted by atomic mass is 9.84. The van der Waals surface area contributed by atoms with Gasteiger partial charge >= 0.3 is 0 Å². The van der Waals surface area contributed by atoms with Gasteiger partial charge in [0.25, 0.3) is 0 Å². The largest absolute Gasteiger partial charge is 0.384 e. The average molecular weight is 286 g/mol. The minimum absolute atomic E-state index is 0.205. The van der Waals surface area contributed by atoms with Gasteiger partial charge in [-0.3, -0.25) is 4.79 Å². The molecule has 2 aliphatic rings. The third-order valence-electron chi connectivity index (χ3n) is 5.12. The van der Waals surface area contributed by atoms with Gasteiger partial charge in [-0.1, -0.05) is 37.5 Å². The minimum atomic E-state index is 0.205. The highest BCUT2D eigenvalue weighted by molar-refractivity contribution is 5.78. The molecule has 0 spiro atoms. The fourth-order valence-electron chi connectivity index (χ4n) is 3.83. The van der Waals surface area contributed by atoms with E-state index in [0.29, 0.717) is 24.3 Å². The zero-order valence-corrected chi connectivity index (χ0v) is 12.9. The molecule has 2 N–H and O–H groups in total. The molecule has 1 aromatic carbocycles. The molecular formula is C18H26N2O. The van der Waals surface area contributed by atoms with Crippen molar-refractivity contribution in [2.45, 2.75) is 57.4 Å². The van der Waals surface area contributed by atoms with E-state index in [1.165, 1.54) is 43.4 Å². The van der Waals surface area contributed by atoms with Crippen LogP contribution in [0.25, 0.3) is 0 Å². The molecule has 3 heteroatoms. The van der Waals surface area contributed by atoms with E-state index in [2.05, 4.69) is 35.8 Å². The highest BCUT2D eigenvalue weighted by Crippen LogP contribution is 2.33. The molecule has 0 bridgehead atoms. The molecule has 1 amide bonds. The number of para-hydroxylation sites is 1. The number of hydrogen-bond donors (Lipinski definition) is 2. The predicted octanol–water partition coefficient (Wildman–Crippen LogP) is 3.67.